The molecule has 0 radical (unpaired) electrons. The molecule has 17 heavy (non-hydrogen) atoms. The van der Waals surface area contributed by atoms with Crippen LogP contribution in [0.25, 0.3) is 0 Å². The quantitative estimate of drug-likeness (QED) is 0.740. The molecule has 2 atom stereocenters. The van der Waals surface area contributed by atoms with Crippen LogP contribution < -0.4 is 0 Å². The predicted molar refractivity (Wildman–Crippen MR) is 70.1 cm³/mol. The molecule has 0 saturated carbocycles. The zero-order chi connectivity index (χ0) is 12.4. The van der Waals surface area contributed by atoms with Crippen LogP contribution in [0.1, 0.15) is 18.9 Å². The van der Waals surface area contributed by atoms with Crippen molar-refractivity contribution in [3.05, 3.63) is 34.6 Å². The van der Waals surface area contributed by atoms with Crippen molar-refractivity contribution in [2.45, 2.75) is 25.3 Å². The van der Waals surface area contributed by atoms with E-state index in [2.05, 4.69) is 11.8 Å². The van der Waals surface area contributed by atoms with E-state index in [-0.39, 0.29) is 11.2 Å². The van der Waals surface area contributed by atoms with Gasteiger partial charge in [-0.05, 0) is 36.6 Å². The summed E-state index contributed by atoms with van der Waals surface area (Å²) in [5, 5.41) is 0.778. The van der Waals surface area contributed by atoms with Gasteiger partial charge in [0.15, 0.2) is 0 Å². The summed E-state index contributed by atoms with van der Waals surface area (Å²) in [6.07, 6.45) is 1.00. The van der Waals surface area contributed by atoms with Gasteiger partial charge in [-0.1, -0.05) is 24.6 Å². The Morgan fingerprint density at radius 3 is 2.88 bits per heavy atom. The Bertz CT molecular complexity index is 397. The number of benzene rings is 1. The Balaban J connectivity index is 2.01. The van der Waals surface area contributed by atoms with Gasteiger partial charge in [0.25, 0.3) is 0 Å². The molecule has 2 unspecified atom stereocenters. The minimum atomic E-state index is -0.286. The molecular weight excluding hydrogens is 260 g/mol. The highest BCUT2D eigenvalue weighted by molar-refractivity contribution is 6.31. The van der Waals surface area contributed by atoms with Crippen LogP contribution >= 0.6 is 23.2 Å². The van der Waals surface area contributed by atoms with Crippen molar-refractivity contribution in [1.29, 1.82) is 0 Å². The van der Waals surface area contributed by atoms with Crippen molar-refractivity contribution in [2.24, 2.45) is 5.92 Å². The summed E-state index contributed by atoms with van der Waals surface area (Å²) in [5.74, 6) is 0.205. The van der Waals surface area contributed by atoms with Gasteiger partial charge in [-0.2, -0.15) is 0 Å². The largest absolute Gasteiger partial charge is 0.299 e. The normalized spacial score (nSPS) is 26.1. The number of piperidine rings is 1. The molecule has 1 saturated heterocycles. The van der Waals surface area contributed by atoms with Crippen molar-refractivity contribution < 1.29 is 4.39 Å². The van der Waals surface area contributed by atoms with E-state index in [1.165, 1.54) is 12.1 Å². The molecule has 0 amide bonds. The number of alkyl halides is 1. The van der Waals surface area contributed by atoms with Gasteiger partial charge in [-0.25, -0.2) is 4.39 Å². The summed E-state index contributed by atoms with van der Waals surface area (Å²) in [5.41, 5.74) is 0.980. The minimum absolute atomic E-state index is 0.273. The molecule has 1 heterocycles. The third-order valence-electron chi connectivity index (χ3n) is 3.29. The molecule has 4 heteroatoms. The van der Waals surface area contributed by atoms with Gasteiger partial charge in [-0.15, -0.1) is 11.6 Å². The number of hydrogen-bond acceptors (Lipinski definition) is 1. The summed E-state index contributed by atoms with van der Waals surface area (Å²) in [7, 11) is 0. The highest BCUT2D eigenvalue weighted by Gasteiger charge is 2.24. The Labute approximate surface area is 112 Å². The highest BCUT2D eigenvalue weighted by Crippen LogP contribution is 2.25. The zero-order valence-corrected chi connectivity index (χ0v) is 11.3. The Morgan fingerprint density at radius 2 is 2.24 bits per heavy atom. The van der Waals surface area contributed by atoms with Crippen molar-refractivity contribution >= 4 is 23.2 Å². The van der Waals surface area contributed by atoms with Gasteiger partial charge in [-0.3, -0.25) is 4.90 Å². The molecular formula is C13H16Cl2FN. The lowest BCUT2D eigenvalue weighted by atomic mass is 9.99. The van der Waals surface area contributed by atoms with Gasteiger partial charge < -0.3 is 0 Å². The van der Waals surface area contributed by atoms with Crippen molar-refractivity contribution in [3.63, 3.8) is 0 Å². The second-order valence-electron chi connectivity index (χ2n) is 4.75. The van der Waals surface area contributed by atoms with E-state index in [4.69, 9.17) is 23.2 Å². The average molecular weight is 276 g/mol. The topological polar surface area (TPSA) is 3.24 Å². The maximum absolute atomic E-state index is 12.9. The second-order valence-corrected chi connectivity index (χ2v) is 5.72. The fourth-order valence-corrected chi connectivity index (χ4v) is 2.64. The number of likely N-dealkylation sites (tertiary alicyclic amines) is 1. The van der Waals surface area contributed by atoms with Crippen molar-refractivity contribution in [2.75, 3.05) is 13.1 Å². The lowest BCUT2D eigenvalue weighted by Crippen LogP contribution is -2.39. The second kappa shape index (κ2) is 5.55. The number of rotatable bonds is 2. The molecule has 2 rings (SSSR count). The smallest absolute Gasteiger partial charge is 0.124 e. The van der Waals surface area contributed by atoms with E-state index in [0.717, 1.165) is 31.6 Å². The van der Waals surface area contributed by atoms with Gasteiger partial charge in [0, 0.05) is 23.5 Å². The van der Waals surface area contributed by atoms with Crippen LogP contribution in [0.15, 0.2) is 18.2 Å². The molecule has 1 nitrogen and oxygen atoms in total. The molecule has 94 valence electrons. The van der Waals surface area contributed by atoms with Crippen molar-refractivity contribution in [3.8, 4) is 0 Å². The fourth-order valence-electron chi connectivity index (χ4n) is 2.24. The lowest BCUT2D eigenvalue weighted by Gasteiger charge is -2.34. The number of nitrogens with zero attached hydrogens (tertiary/aromatic N) is 1. The van der Waals surface area contributed by atoms with Crippen LogP contribution in [0.3, 0.4) is 0 Å². The Hall–Kier alpha value is -0.310. The van der Waals surface area contributed by atoms with Crippen LogP contribution in [-0.2, 0) is 6.54 Å². The Morgan fingerprint density at radius 1 is 1.47 bits per heavy atom. The summed E-state index contributed by atoms with van der Waals surface area (Å²) < 4.78 is 12.9. The number of halogens is 3. The van der Waals surface area contributed by atoms with E-state index in [0.29, 0.717) is 10.9 Å². The minimum Gasteiger partial charge on any atom is -0.299 e. The first-order valence-corrected chi connectivity index (χ1v) is 6.68. The van der Waals surface area contributed by atoms with Gasteiger partial charge in [0.1, 0.15) is 5.82 Å². The molecule has 0 aromatic heterocycles. The van der Waals surface area contributed by atoms with E-state index >= 15 is 0 Å². The van der Waals surface area contributed by atoms with Gasteiger partial charge in [0.05, 0.1) is 0 Å². The van der Waals surface area contributed by atoms with E-state index < -0.39 is 0 Å². The van der Waals surface area contributed by atoms with E-state index in [1.54, 1.807) is 6.07 Å². The van der Waals surface area contributed by atoms with Crippen molar-refractivity contribution in [1.82, 2.24) is 4.90 Å². The van der Waals surface area contributed by atoms with Crippen LogP contribution in [-0.4, -0.2) is 23.4 Å². The van der Waals surface area contributed by atoms with E-state index in [1.807, 2.05) is 0 Å². The van der Waals surface area contributed by atoms with Crippen LogP contribution in [0.5, 0.6) is 0 Å². The van der Waals surface area contributed by atoms with Crippen LogP contribution in [0.2, 0.25) is 5.02 Å². The molecule has 0 aliphatic carbocycles. The first kappa shape index (κ1) is 13.1. The maximum Gasteiger partial charge on any atom is 0.124 e. The molecule has 1 aliphatic rings. The molecule has 0 N–H and O–H groups in total. The molecule has 0 spiro atoms. The molecule has 1 aliphatic heterocycles. The first-order valence-electron chi connectivity index (χ1n) is 5.86. The third-order valence-corrected chi connectivity index (χ3v) is 4.29. The molecule has 1 fully saturated rings. The maximum atomic E-state index is 12.9. The highest BCUT2D eigenvalue weighted by atomic mass is 35.5. The van der Waals surface area contributed by atoms with Gasteiger partial charge >= 0.3 is 0 Å². The summed E-state index contributed by atoms with van der Waals surface area (Å²) >= 11 is 12.2. The van der Waals surface area contributed by atoms with E-state index in [9.17, 15) is 4.39 Å². The lowest BCUT2D eigenvalue weighted by molar-refractivity contribution is 0.180. The SMILES string of the molecule is CC1CN(Cc2ccc(F)cc2Cl)CCC1Cl. The standard InChI is InChI=1S/C13H16Cl2FN/c1-9-7-17(5-4-12(9)14)8-10-2-3-11(16)6-13(10)15/h2-3,6,9,12H,4-5,7-8H2,1H3. The molecule has 0 bridgehead atoms. The fraction of sp³-hybridized carbons (Fsp3) is 0.538. The predicted octanol–water partition coefficient (Wildman–Crippen LogP) is 3.93. The monoisotopic (exact) mass is 275 g/mol. The summed E-state index contributed by atoms with van der Waals surface area (Å²) in [6, 6.07) is 4.59. The summed E-state index contributed by atoms with van der Waals surface area (Å²) in [4.78, 5) is 2.32. The molecule has 1 aromatic carbocycles. The Kier molecular flexibility index (Phi) is 4.29. The first-order chi connectivity index (χ1) is 8.06. The zero-order valence-electron chi connectivity index (χ0n) is 9.80. The van der Waals surface area contributed by atoms with Gasteiger partial charge in [0.2, 0.25) is 0 Å². The average Bonchev–Trinajstić information content (AvgIpc) is 2.27. The third kappa shape index (κ3) is 3.34. The number of hydrogen-bond donors (Lipinski definition) is 0. The summed E-state index contributed by atoms with van der Waals surface area (Å²) in [6.45, 7) is 4.89. The van der Waals surface area contributed by atoms with Crippen LogP contribution in [0, 0.1) is 11.7 Å². The van der Waals surface area contributed by atoms with Crippen LogP contribution in [0.4, 0.5) is 4.39 Å². The molecule has 1 aromatic rings.